The molecule has 0 spiro atoms. The number of hydrogen-bond acceptors (Lipinski definition) is 6. The number of hydrogen-bond donors (Lipinski definition) is 1. The molecule has 1 N–H and O–H groups in total. The van der Waals surface area contributed by atoms with Crippen LogP contribution in [0, 0.1) is 6.92 Å². The van der Waals surface area contributed by atoms with Crippen molar-refractivity contribution in [3.63, 3.8) is 0 Å². The van der Waals surface area contributed by atoms with Gasteiger partial charge in [0.15, 0.2) is 0 Å². The third-order valence-electron chi connectivity index (χ3n) is 3.35. The molecule has 0 bridgehead atoms. The van der Waals surface area contributed by atoms with Crippen molar-refractivity contribution < 1.29 is 22.4 Å². The van der Waals surface area contributed by atoms with E-state index in [0.29, 0.717) is 28.7 Å². The van der Waals surface area contributed by atoms with E-state index in [1.54, 1.807) is 20.1 Å². The van der Waals surface area contributed by atoms with Crippen LogP contribution in [0.25, 0.3) is 11.5 Å². The minimum atomic E-state index is -3.10. The van der Waals surface area contributed by atoms with Gasteiger partial charge in [-0.15, -0.1) is 0 Å². The van der Waals surface area contributed by atoms with Crippen molar-refractivity contribution in [2.24, 2.45) is 0 Å². The predicted molar refractivity (Wildman–Crippen MR) is 89.7 cm³/mol. The van der Waals surface area contributed by atoms with Crippen molar-refractivity contribution in [3.05, 3.63) is 35.7 Å². The quantitative estimate of drug-likeness (QED) is 0.808. The third kappa shape index (κ3) is 4.82. The number of sulfone groups is 1. The van der Waals surface area contributed by atoms with Gasteiger partial charge < -0.3 is 14.5 Å². The van der Waals surface area contributed by atoms with Crippen LogP contribution in [0.4, 0.5) is 0 Å². The van der Waals surface area contributed by atoms with E-state index in [0.717, 1.165) is 6.26 Å². The summed E-state index contributed by atoms with van der Waals surface area (Å²) in [5.74, 6) is 1.14. The molecular weight excluding hydrogens is 332 g/mol. The van der Waals surface area contributed by atoms with Crippen LogP contribution >= 0.6 is 0 Å². The highest BCUT2D eigenvalue weighted by atomic mass is 32.2. The van der Waals surface area contributed by atoms with Crippen LogP contribution < -0.4 is 10.1 Å². The highest BCUT2D eigenvalue weighted by Gasteiger charge is 2.17. The lowest BCUT2D eigenvalue weighted by atomic mass is 10.2. The second kappa shape index (κ2) is 7.48. The number of aryl methyl sites for hydroxylation is 1. The molecule has 0 radical (unpaired) electrons. The lowest BCUT2D eigenvalue weighted by Crippen LogP contribution is -2.30. The Morgan fingerprint density at radius 3 is 2.71 bits per heavy atom. The summed E-state index contributed by atoms with van der Waals surface area (Å²) >= 11 is 0. The Labute approximate surface area is 141 Å². The Morgan fingerprint density at radius 2 is 2.04 bits per heavy atom. The van der Waals surface area contributed by atoms with Crippen LogP contribution in [0.2, 0.25) is 0 Å². The van der Waals surface area contributed by atoms with Crippen molar-refractivity contribution in [1.82, 2.24) is 10.3 Å². The molecular formula is C16H20N2O5S. The van der Waals surface area contributed by atoms with Gasteiger partial charge in [-0.3, -0.25) is 4.79 Å². The van der Waals surface area contributed by atoms with Crippen LogP contribution in [0.1, 0.15) is 11.5 Å². The molecule has 0 fully saturated rings. The topological polar surface area (TPSA) is 98.5 Å². The summed E-state index contributed by atoms with van der Waals surface area (Å²) in [6.07, 6.45) is 1.15. The molecule has 0 aliphatic carbocycles. The van der Waals surface area contributed by atoms with E-state index in [9.17, 15) is 13.2 Å². The fraction of sp³-hybridized carbons (Fsp3) is 0.375. The van der Waals surface area contributed by atoms with Crippen molar-refractivity contribution in [3.8, 4) is 17.2 Å². The van der Waals surface area contributed by atoms with E-state index < -0.39 is 9.84 Å². The molecule has 1 aromatic heterocycles. The Morgan fingerprint density at radius 1 is 1.33 bits per heavy atom. The SMILES string of the molecule is COc1ccccc1-c1nc(CC(=O)NCCS(C)(=O)=O)c(C)o1. The number of methoxy groups -OCH3 is 1. The molecule has 0 atom stereocenters. The summed E-state index contributed by atoms with van der Waals surface area (Å²) in [6, 6.07) is 7.30. The maximum absolute atomic E-state index is 11.9. The number of carbonyl (C=O) groups is 1. The van der Waals surface area contributed by atoms with Gasteiger partial charge in [-0.1, -0.05) is 12.1 Å². The van der Waals surface area contributed by atoms with E-state index in [-0.39, 0.29) is 24.6 Å². The van der Waals surface area contributed by atoms with Gasteiger partial charge in [-0.05, 0) is 19.1 Å². The monoisotopic (exact) mass is 352 g/mol. The van der Waals surface area contributed by atoms with Gasteiger partial charge in [-0.2, -0.15) is 0 Å². The van der Waals surface area contributed by atoms with Crippen molar-refractivity contribution in [1.29, 1.82) is 0 Å². The number of nitrogens with one attached hydrogen (secondary N) is 1. The van der Waals surface area contributed by atoms with E-state index in [4.69, 9.17) is 9.15 Å². The Bertz CT molecular complexity index is 827. The van der Waals surface area contributed by atoms with Crippen molar-refractivity contribution in [2.45, 2.75) is 13.3 Å². The summed E-state index contributed by atoms with van der Waals surface area (Å²) in [5, 5.41) is 2.56. The highest BCUT2D eigenvalue weighted by molar-refractivity contribution is 7.90. The number of carbonyl (C=O) groups excluding carboxylic acids is 1. The number of amides is 1. The van der Waals surface area contributed by atoms with Crippen molar-refractivity contribution >= 4 is 15.7 Å². The lowest BCUT2D eigenvalue weighted by Gasteiger charge is -2.03. The predicted octanol–water partition coefficient (Wildman–Crippen LogP) is 1.36. The normalized spacial score (nSPS) is 11.3. The number of para-hydroxylation sites is 1. The Kier molecular flexibility index (Phi) is 5.61. The van der Waals surface area contributed by atoms with Crippen LogP contribution in [-0.2, 0) is 21.1 Å². The van der Waals surface area contributed by atoms with Crippen LogP contribution in [0.15, 0.2) is 28.7 Å². The number of rotatable bonds is 7. The van der Waals surface area contributed by atoms with Gasteiger partial charge in [0.25, 0.3) is 0 Å². The summed E-state index contributed by atoms with van der Waals surface area (Å²) in [7, 11) is -1.54. The van der Waals surface area contributed by atoms with Gasteiger partial charge in [-0.25, -0.2) is 13.4 Å². The molecule has 1 heterocycles. The Balaban J connectivity index is 2.08. The molecule has 2 rings (SSSR count). The molecule has 0 unspecified atom stereocenters. The average Bonchev–Trinajstić information content (AvgIpc) is 2.86. The van der Waals surface area contributed by atoms with E-state index in [1.165, 1.54) is 0 Å². The largest absolute Gasteiger partial charge is 0.496 e. The molecule has 1 amide bonds. The zero-order valence-electron chi connectivity index (χ0n) is 13.8. The number of benzene rings is 1. The summed E-state index contributed by atoms with van der Waals surface area (Å²) in [6.45, 7) is 1.80. The van der Waals surface area contributed by atoms with Crippen LogP contribution in [0.5, 0.6) is 5.75 Å². The number of ether oxygens (including phenoxy) is 1. The first-order valence-corrected chi connectivity index (χ1v) is 9.40. The maximum Gasteiger partial charge on any atom is 0.230 e. The number of nitrogens with zero attached hydrogens (tertiary/aromatic N) is 1. The summed E-state index contributed by atoms with van der Waals surface area (Å²) in [5.41, 5.74) is 1.21. The average molecular weight is 352 g/mol. The summed E-state index contributed by atoms with van der Waals surface area (Å²) < 4.78 is 33.0. The molecule has 7 nitrogen and oxygen atoms in total. The molecule has 0 aliphatic heterocycles. The smallest absolute Gasteiger partial charge is 0.230 e. The minimum Gasteiger partial charge on any atom is -0.496 e. The van der Waals surface area contributed by atoms with E-state index in [1.807, 2.05) is 18.2 Å². The van der Waals surface area contributed by atoms with Gasteiger partial charge in [0.05, 0.1) is 30.5 Å². The van der Waals surface area contributed by atoms with Crippen LogP contribution in [-0.4, -0.2) is 45.0 Å². The Hall–Kier alpha value is -2.35. The third-order valence-corrected chi connectivity index (χ3v) is 4.30. The fourth-order valence-corrected chi connectivity index (χ4v) is 2.59. The molecule has 24 heavy (non-hydrogen) atoms. The van der Waals surface area contributed by atoms with Crippen LogP contribution in [0.3, 0.4) is 0 Å². The van der Waals surface area contributed by atoms with E-state index >= 15 is 0 Å². The first kappa shape index (κ1) is 18.0. The van der Waals surface area contributed by atoms with Gasteiger partial charge >= 0.3 is 0 Å². The molecule has 0 saturated heterocycles. The molecule has 2 aromatic rings. The maximum atomic E-state index is 11.9. The lowest BCUT2D eigenvalue weighted by molar-refractivity contribution is -0.120. The second-order valence-corrected chi connectivity index (χ2v) is 7.64. The van der Waals surface area contributed by atoms with Gasteiger partial charge in [0.2, 0.25) is 11.8 Å². The molecule has 0 saturated carbocycles. The zero-order valence-corrected chi connectivity index (χ0v) is 14.6. The number of aromatic nitrogens is 1. The first-order valence-electron chi connectivity index (χ1n) is 7.34. The number of oxazole rings is 1. The molecule has 130 valence electrons. The zero-order chi connectivity index (χ0) is 17.7. The minimum absolute atomic E-state index is 0.0221. The molecule has 8 heteroatoms. The van der Waals surface area contributed by atoms with Gasteiger partial charge in [0.1, 0.15) is 21.3 Å². The van der Waals surface area contributed by atoms with Gasteiger partial charge in [0, 0.05) is 12.8 Å². The summed E-state index contributed by atoms with van der Waals surface area (Å²) in [4.78, 5) is 16.3. The molecule has 1 aromatic carbocycles. The van der Waals surface area contributed by atoms with Crippen molar-refractivity contribution in [2.75, 3.05) is 25.7 Å². The highest BCUT2D eigenvalue weighted by Crippen LogP contribution is 2.30. The second-order valence-electron chi connectivity index (χ2n) is 5.38. The van der Waals surface area contributed by atoms with E-state index in [2.05, 4.69) is 10.3 Å². The first-order chi connectivity index (χ1) is 11.3. The molecule has 0 aliphatic rings. The standard InChI is InChI=1S/C16H20N2O5S/c1-11-13(10-15(19)17-8-9-24(3,20)21)18-16(23-11)12-6-4-5-7-14(12)22-2/h4-7H,8-10H2,1-3H3,(H,17,19). The fourth-order valence-electron chi connectivity index (χ4n) is 2.12.